The van der Waals surface area contributed by atoms with Crippen molar-refractivity contribution in [2.24, 2.45) is 11.7 Å². The second-order valence-electron chi connectivity index (χ2n) is 4.40. The number of nitrogens with two attached hydrogens (primary N) is 1. The van der Waals surface area contributed by atoms with E-state index in [0.29, 0.717) is 5.92 Å². The van der Waals surface area contributed by atoms with Gasteiger partial charge in [-0.05, 0) is 30.5 Å². The molecule has 0 spiro atoms. The molecule has 4 heteroatoms. The molecule has 1 atom stereocenters. The highest BCUT2D eigenvalue weighted by Crippen LogP contribution is 2.28. The van der Waals surface area contributed by atoms with Crippen molar-refractivity contribution >= 4 is 21.6 Å². The third-order valence-electron chi connectivity index (χ3n) is 2.41. The SMILES string of the molecule is CC(C)CC(N)c1nc2ccc(F)cc2s1. The Balaban J connectivity index is 2.32. The number of fused-ring (bicyclic) bond motifs is 1. The smallest absolute Gasteiger partial charge is 0.124 e. The molecule has 16 heavy (non-hydrogen) atoms. The minimum absolute atomic E-state index is 0.0412. The number of thiazole rings is 1. The minimum Gasteiger partial charge on any atom is -0.322 e. The second kappa shape index (κ2) is 4.47. The molecule has 2 rings (SSSR count). The van der Waals surface area contributed by atoms with Gasteiger partial charge in [0.2, 0.25) is 0 Å². The van der Waals surface area contributed by atoms with E-state index < -0.39 is 0 Å². The Morgan fingerprint density at radius 2 is 2.19 bits per heavy atom. The number of hydrogen-bond acceptors (Lipinski definition) is 3. The van der Waals surface area contributed by atoms with Crippen molar-refractivity contribution in [2.75, 3.05) is 0 Å². The van der Waals surface area contributed by atoms with Crippen LogP contribution in [-0.2, 0) is 0 Å². The van der Waals surface area contributed by atoms with E-state index in [2.05, 4.69) is 18.8 Å². The van der Waals surface area contributed by atoms with Crippen LogP contribution in [0.4, 0.5) is 4.39 Å². The van der Waals surface area contributed by atoms with Crippen molar-refractivity contribution in [1.82, 2.24) is 4.98 Å². The molecule has 2 nitrogen and oxygen atoms in total. The summed E-state index contributed by atoms with van der Waals surface area (Å²) in [5.74, 6) is 0.318. The summed E-state index contributed by atoms with van der Waals surface area (Å²) in [5, 5.41) is 0.898. The summed E-state index contributed by atoms with van der Waals surface area (Å²) < 4.78 is 13.9. The van der Waals surface area contributed by atoms with E-state index in [4.69, 9.17) is 5.73 Å². The topological polar surface area (TPSA) is 38.9 Å². The summed E-state index contributed by atoms with van der Waals surface area (Å²) in [6, 6.07) is 4.60. The zero-order chi connectivity index (χ0) is 11.7. The van der Waals surface area contributed by atoms with Gasteiger partial charge >= 0.3 is 0 Å². The molecule has 0 aliphatic rings. The highest BCUT2D eigenvalue weighted by molar-refractivity contribution is 7.18. The summed E-state index contributed by atoms with van der Waals surface area (Å²) in [6.07, 6.45) is 0.905. The van der Waals surface area contributed by atoms with Gasteiger partial charge in [-0.3, -0.25) is 0 Å². The summed E-state index contributed by atoms with van der Waals surface area (Å²) in [4.78, 5) is 4.43. The lowest BCUT2D eigenvalue weighted by atomic mass is 10.1. The van der Waals surface area contributed by atoms with Gasteiger partial charge in [-0.25, -0.2) is 9.37 Å². The first-order valence-corrected chi connectivity index (χ1v) is 6.19. The van der Waals surface area contributed by atoms with E-state index in [1.165, 1.54) is 23.5 Å². The maximum Gasteiger partial charge on any atom is 0.124 e. The summed E-state index contributed by atoms with van der Waals surface area (Å²) >= 11 is 1.49. The number of nitrogens with zero attached hydrogens (tertiary/aromatic N) is 1. The van der Waals surface area contributed by atoms with Crippen LogP contribution in [0.15, 0.2) is 18.2 Å². The Morgan fingerprint density at radius 1 is 1.44 bits per heavy atom. The highest BCUT2D eigenvalue weighted by Gasteiger charge is 2.13. The molecule has 1 unspecified atom stereocenters. The van der Waals surface area contributed by atoms with E-state index in [9.17, 15) is 4.39 Å². The lowest BCUT2D eigenvalue weighted by Gasteiger charge is -2.10. The van der Waals surface area contributed by atoms with E-state index in [0.717, 1.165) is 21.6 Å². The lowest BCUT2D eigenvalue weighted by molar-refractivity contribution is 0.509. The van der Waals surface area contributed by atoms with Gasteiger partial charge in [-0.15, -0.1) is 11.3 Å². The first-order valence-electron chi connectivity index (χ1n) is 5.38. The molecule has 0 saturated carbocycles. The minimum atomic E-state index is -0.222. The fraction of sp³-hybridized carbons (Fsp3) is 0.417. The molecule has 0 aliphatic carbocycles. The summed E-state index contributed by atoms with van der Waals surface area (Å²) in [5.41, 5.74) is 6.89. The molecule has 0 radical (unpaired) electrons. The standard InChI is InChI=1S/C12H15FN2S/c1-7(2)5-9(14)12-15-10-4-3-8(13)6-11(10)16-12/h3-4,6-7,9H,5,14H2,1-2H3. The van der Waals surface area contributed by atoms with Crippen LogP contribution >= 0.6 is 11.3 Å². The van der Waals surface area contributed by atoms with Crippen molar-refractivity contribution in [1.29, 1.82) is 0 Å². The highest BCUT2D eigenvalue weighted by atomic mass is 32.1. The van der Waals surface area contributed by atoms with Gasteiger partial charge in [0.15, 0.2) is 0 Å². The van der Waals surface area contributed by atoms with Gasteiger partial charge < -0.3 is 5.73 Å². The summed E-state index contributed by atoms with van der Waals surface area (Å²) in [6.45, 7) is 4.26. The quantitative estimate of drug-likeness (QED) is 0.889. The van der Waals surface area contributed by atoms with Crippen molar-refractivity contribution in [3.63, 3.8) is 0 Å². The van der Waals surface area contributed by atoms with Crippen molar-refractivity contribution in [3.8, 4) is 0 Å². The maximum absolute atomic E-state index is 13.0. The molecule has 1 heterocycles. The van der Waals surface area contributed by atoms with Gasteiger partial charge in [-0.2, -0.15) is 0 Å². The molecule has 0 amide bonds. The van der Waals surface area contributed by atoms with Gasteiger partial charge in [0.1, 0.15) is 10.8 Å². The van der Waals surface area contributed by atoms with Crippen LogP contribution in [0, 0.1) is 11.7 Å². The molecule has 1 aromatic carbocycles. The van der Waals surface area contributed by atoms with Crippen LogP contribution in [-0.4, -0.2) is 4.98 Å². The first-order chi connectivity index (χ1) is 7.56. The second-order valence-corrected chi connectivity index (χ2v) is 5.46. The van der Waals surface area contributed by atoms with Crippen LogP contribution in [0.2, 0.25) is 0 Å². The third-order valence-corrected chi connectivity index (χ3v) is 3.56. The fourth-order valence-electron chi connectivity index (χ4n) is 1.68. The number of rotatable bonds is 3. The molecule has 86 valence electrons. The van der Waals surface area contributed by atoms with Gasteiger partial charge in [0.25, 0.3) is 0 Å². The first kappa shape index (κ1) is 11.5. The molecule has 0 saturated heterocycles. The zero-order valence-corrected chi connectivity index (χ0v) is 10.2. The van der Waals surface area contributed by atoms with Crippen LogP contribution in [0.3, 0.4) is 0 Å². The Kier molecular flexibility index (Phi) is 3.21. The molecule has 0 bridgehead atoms. The molecule has 2 aromatic rings. The predicted molar refractivity (Wildman–Crippen MR) is 66.0 cm³/mol. The van der Waals surface area contributed by atoms with Gasteiger partial charge in [-0.1, -0.05) is 13.8 Å². The third kappa shape index (κ3) is 2.39. The Labute approximate surface area is 98.3 Å². The van der Waals surface area contributed by atoms with Crippen LogP contribution in [0.1, 0.15) is 31.3 Å². The molecule has 2 N–H and O–H groups in total. The predicted octanol–water partition coefficient (Wildman–Crippen LogP) is 3.48. The van der Waals surface area contributed by atoms with Crippen molar-refractivity contribution in [3.05, 3.63) is 29.0 Å². The van der Waals surface area contributed by atoms with E-state index in [-0.39, 0.29) is 11.9 Å². The van der Waals surface area contributed by atoms with Gasteiger partial charge in [0, 0.05) is 0 Å². The van der Waals surface area contributed by atoms with E-state index in [1.807, 2.05) is 0 Å². The normalized spacial score (nSPS) is 13.6. The monoisotopic (exact) mass is 238 g/mol. The lowest BCUT2D eigenvalue weighted by Crippen LogP contribution is -2.12. The molecular formula is C12H15FN2S. The average molecular weight is 238 g/mol. The van der Waals surface area contributed by atoms with Crippen molar-refractivity contribution < 1.29 is 4.39 Å². The van der Waals surface area contributed by atoms with Gasteiger partial charge in [0.05, 0.1) is 16.3 Å². The number of aromatic nitrogens is 1. The van der Waals surface area contributed by atoms with Crippen molar-refractivity contribution in [2.45, 2.75) is 26.3 Å². The Morgan fingerprint density at radius 3 is 2.88 bits per heavy atom. The molecule has 0 aliphatic heterocycles. The Hall–Kier alpha value is -1.000. The van der Waals surface area contributed by atoms with Crippen LogP contribution in [0.5, 0.6) is 0 Å². The maximum atomic E-state index is 13.0. The van der Waals surface area contributed by atoms with Crippen LogP contribution < -0.4 is 5.73 Å². The number of benzene rings is 1. The average Bonchev–Trinajstić information content (AvgIpc) is 2.59. The van der Waals surface area contributed by atoms with E-state index >= 15 is 0 Å². The summed E-state index contributed by atoms with van der Waals surface area (Å²) in [7, 11) is 0. The molecule has 0 fully saturated rings. The fourth-order valence-corrected chi connectivity index (χ4v) is 2.69. The zero-order valence-electron chi connectivity index (χ0n) is 9.40. The number of hydrogen-bond donors (Lipinski definition) is 1. The Bertz CT molecular complexity index is 493. The van der Waals surface area contributed by atoms with Crippen LogP contribution in [0.25, 0.3) is 10.2 Å². The molecular weight excluding hydrogens is 223 g/mol. The molecule has 1 aromatic heterocycles. The number of halogens is 1. The van der Waals surface area contributed by atoms with E-state index in [1.54, 1.807) is 6.07 Å². The largest absolute Gasteiger partial charge is 0.322 e.